The maximum Gasteiger partial charge on any atom is 0.327 e. The number of rotatable bonds is 2. The Morgan fingerprint density at radius 2 is 2.25 bits per heavy atom. The van der Waals surface area contributed by atoms with Crippen molar-refractivity contribution in [3.05, 3.63) is 36.3 Å². The molecule has 0 bridgehead atoms. The third-order valence-corrected chi connectivity index (χ3v) is 4.54. The number of fused-ring (bicyclic) bond motifs is 1. The average molecular weight is 291 g/mol. The minimum atomic E-state index is -0.973. The van der Waals surface area contributed by atoms with Crippen molar-refractivity contribution >= 4 is 29.3 Å². The van der Waals surface area contributed by atoms with E-state index < -0.39 is 12.0 Å². The number of carboxylic acids is 1. The predicted molar refractivity (Wildman–Crippen MR) is 74.7 cm³/mol. The normalized spacial score (nSPS) is 22.4. The van der Waals surface area contributed by atoms with Gasteiger partial charge in [-0.05, 0) is 19.1 Å². The molecule has 1 N–H and O–H groups in total. The molecule has 3 heterocycles. The third-order valence-electron chi connectivity index (χ3n) is 3.33. The van der Waals surface area contributed by atoms with E-state index in [-0.39, 0.29) is 17.0 Å². The fourth-order valence-corrected chi connectivity index (χ4v) is 3.48. The van der Waals surface area contributed by atoms with Gasteiger partial charge in [0, 0.05) is 18.1 Å². The molecule has 0 radical (unpaired) electrons. The zero-order valence-corrected chi connectivity index (χ0v) is 11.6. The number of imidazole rings is 1. The fraction of sp³-hybridized carbons (Fsp3) is 0.308. The van der Waals surface area contributed by atoms with Gasteiger partial charge >= 0.3 is 5.97 Å². The lowest BCUT2D eigenvalue weighted by molar-refractivity contribution is -0.141. The van der Waals surface area contributed by atoms with Crippen molar-refractivity contribution in [2.24, 2.45) is 0 Å². The standard InChI is InChI=1S/C13H13N3O3S/c1-8-16(10(7-20-8)13(18)19)12(17)9-6-15-5-3-2-4-11(15)14-9/h2-6,8,10H,7H2,1H3,(H,18,19). The van der Waals surface area contributed by atoms with Crippen molar-refractivity contribution in [1.82, 2.24) is 14.3 Å². The summed E-state index contributed by atoms with van der Waals surface area (Å²) in [6.07, 6.45) is 3.43. The lowest BCUT2D eigenvalue weighted by atomic mass is 10.2. The van der Waals surface area contributed by atoms with Gasteiger partial charge in [0.15, 0.2) is 0 Å². The predicted octanol–water partition coefficient (Wildman–Crippen LogP) is 1.32. The molecule has 2 aromatic heterocycles. The molecule has 2 aromatic rings. The summed E-state index contributed by atoms with van der Waals surface area (Å²) in [6.45, 7) is 1.83. The highest BCUT2D eigenvalue weighted by Gasteiger charge is 2.40. The minimum Gasteiger partial charge on any atom is -0.480 e. The van der Waals surface area contributed by atoms with E-state index in [2.05, 4.69) is 4.98 Å². The Balaban J connectivity index is 1.96. The van der Waals surface area contributed by atoms with Crippen LogP contribution in [0.2, 0.25) is 0 Å². The summed E-state index contributed by atoms with van der Waals surface area (Å²) in [5, 5.41) is 9.05. The van der Waals surface area contributed by atoms with Gasteiger partial charge in [-0.15, -0.1) is 11.8 Å². The summed E-state index contributed by atoms with van der Waals surface area (Å²) in [4.78, 5) is 29.4. The summed E-state index contributed by atoms with van der Waals surface area (Å²) in [6, 6.07) is 4.70. The van der Waals surface area contributed by atoms with E-state index in [4.69, 9.17) is 0 Å². The molecular formula is C13H13N3O3S. The summed E-state index contributed by atoms with van der Waals surface area (Å²) < 4.78 is 1.75. The first kappa shape index (κ1) is 13.0. The van der Waals surface area contributed by atoms with E-state index >= 15 is 0 Å². The summed E-state index contributed by atoms with van der Waals surface area (Å²) in [5.74, 6) is -0.895. The van der Waals surface area contributed by atoms with E-state index in [1.807, 2.05) is 19.1 Å². The molecule has 104 valence electrons. The molecule has 1 saturated heterocycles. The number of carbonyl (C=O) groups is 2. The third kappa shape index (κ3) is 2.03. The van der Waals surface area contributed by atoms with Gasteiger partial charge < -0.3 is 14.4 Å². The van der Waals surface area contributed by atoms with E-state index in [0.717, 1.165) is 0 Å². The molecular weight excluding hydrogens is 278 g/mol. The molecule has 2 atom stereocenters. The van der Waals surface area contributed by atoms with Crippen LogP contribution >= 0.6 is 11.8 Å². The number of nitrogens with zero attached hydrogens (tertiary/aromatic N) is 3. The quantitative estimate of drug-likeness (QED) is 0.903. The Morgan fingerprint density at radius 3 is 2.95 bits per heavy atom. The van der Waals surface area contributed by atoms with Crippen molar-refractivity contribution in [3.8, 4) is 0 Å². The SMILES string of the molecule is CC1SCC(C(=O)O)N1C(=O)c1cn2ccccc2n1. The molecule has 0 saturated carbocycles. The second-order valence-electron chi connectivity index (χ2n) is 4.59. The van der Waals surface area contributed by atoms with Crippen LogP contribution in [-0.2, 0) is 4.79 Å². The summed E-state index contributed by atoms with van der Waals surface area (Å²) in [5.41, 5.74) is 0.944. The van der Waals surface area contributed by atoms with E-state index in [1.54, 1.807) is 22.9 Å². The Kier molecular flexibility index (Phi) is 3.13. The monoisotopic (exact) mass is 291 g/mol. The fourth-order valence-electron chi connectivity index (χ4n) is 2.31. The highest BCUT2D eigenvalue weighted by molar-refractivity contribution is 8.00. The van der Waals surface area contributed by atoms with Crippen LogP contribution in [0.3, 0.4) is 0 Å². The average Bonchev–Trinajstić information content (AvgIpc) is 3.01. The summed E-state index contributed by atoms with van der Waals surface area (Å²) >= 11 is 1.46. The van der Waals surface area contributed by atoms with Crippen molar-refractivity contribution in [1.29, 1.82) is 0 Å². The summed E-state index contributed by atoms with van der Waals surface area (Å²) in [7, 11) is 0. The van der Waals surface area contributed by atoms with Gasteiger partial charge in [-0.3, -0.25) is 4.79 Å². The molecule has 1 amide bonds. The second-order valence-corrected chi connectivity index (χ2v) is 5.94. The number of pyridine rings is 1. The van der Waals surface area contributed by atoms with Gasteiger partial charge in [0.05, 0.1) is 5.37 Å². The van der Waals surface area contributed by atoms with Crippen LogP contribution in [0.25, 0.3) is 5.65 Å². The van der Waals surface area contributed by atoms with Crippen molar-refractivity contribution < 1.29 is 14.7 Å². The maximum absolute atomic E-state index is 12.5. The highest BCUT2D eigenvalue weighted by atomic mass is 32.2. The molecule has 6 nitrogen and oxygen atoms in total. The number of amides is 1. The Bertz CT molecular complexity index is 651. The number of aromatic nitrogens is 2. The molecule has 0 spiro atoms. The first-order valence-corrected chi connectivity index (χ1v) is 7.23. The van der Waals surface area contributed by atoms with Crippen molar-refractivity contribution in [3.63, 3.8) is 0 Å². The Morgan fingerprint density at radius 1 is 1.45 bits per heavy atom. The Labute approximate surface area is 119 Å². The molecule has 7 heteroatoms. The number of hydrogen-bond acceptors (Lipinski definition) is 4. The second kappa shape index (κ2) is 4.82. The van der Waals surface area contributed by atoms with Crippen LogP contribution in [0.15, 0.2) is 30.6 Å². The first-order chi connectivity index (χ1) is 9.58. The minimum absolute atomic E-state index is 0.159. The molecule has 20 heavy (non-hydrogen) atoms. The van der Waals surface area contributed by atoms with Crippen LogP contribution < -0.4 is 0 Å². The molecule has 1 fully saturated rings. The van der Waals surface area contributed by atoms with E-state index in [9.17, 15) is 14.7 Å². The maximum atomic E-state index is 12.5. The van der Waals surface area contributed by atoms with Crippen LogP contribution in [0.1, 0.15) is 17.4 Å². The lowest BCUT2D eigenvalue weighted by Gasteiger charge is -2.23. The van der Waals surface area contributed by atoms with Gasteiger partial charge in [0.25, 0.3) is 5.91 Å². The molecule has 3 rings (SSSR count). The molecule has 1 aliphatic rings. The topological polar surface area (TPSA) is 74.9 Å². The molecule has 0 aromatic carbocycles. The van der Waals surface area contributed by atoms with Gasteiger partial charge in [-0.1, -0.05) is 6.07 Å². The van der Waals surface area contributed by atoms with Gasteiger partial charge in [0.2, 0.25) is 0 Å². The van der Waals surface area contributed by atoms with Crippen LogP contribution in [-0.4, -0.2) is 48.4 Å². The first-order valence-electron chi connectivity index (χ1n) is 6.19. The number of thioether (sulfide) groups is 1. The zero-order chi connectivity index (χ0) is 14.3. The van der Waals surface area contributed by atoms with Gasteiger partial charge in [-0.2, -0.15) is 0 Å². The smallest absolute Gasteiger partial charge is 0.327 e. The zero-order valence-electron chi connectivity index (χ0n) is 10.8. The number of hydrogen-bond donors (Lipinski definition) is 1. The van der Waals surface area contributed by atoms with Crippen molar-refractivity contribution in [2.75, 3.05) is 5.75 Å². The molecule has 0 aliphatic carbocycles. The molecule has 2 unspecified atom stereocenters. The van der Waals surface area contributed by atoms with Crippen LogP contribution in [0.5, 0.6) is 0 Å². The number of carboxylic acid groups (broad SMARTS) is 1. The highest BCUT2D eigenvalue weighted by Crippen LogP contribution is 2.30. The van der Waals surface area contributed by atoms with Gasteiger partial charge in [-0.25, -0.2) is 9.78 Å². The largest absolute Gasteiger partial charge is 0.480 e. The van der Waals surface area contributed by atoms with Crippen LogP contribution in [0.4, 0.5) is 0 Å². The molecule has 1 aliphatic heterocycles. The van der Waals surface area contributed by atoms with Crippen molar-refractivity contribution in [2.45, 2.75) is 18.3 Å². The van der Waals surface area contributed by atoms with E-state index in [0.29, 0.717) is 11.4 Å². The van der Waals surface area contributed by atoms with Crippen LogP contribution in [0, 0.1) is 0 Å². The van der Waals surface area contributed by atoms with E-state index in [1.165, 1.54) is 16.7 Å². The number of aliphatic carboxylic acids is 1. The van der Waals surface area contributed by atoms with Gasteiger partial charge in [0.1, 0.15) is 17.4 Å². The number of carbonyl (C=O) groups excluding carboxylic acids is 1. The Hall–Kier alpha value is -2.02. The lowest BCUT2D eigenvalue weighted by Crippen LogP contribution is -2.44.